The molecule has 0 atom stereocenters. The lowest BCUT2D eigenvalue weighted by Gasteiger charge is -2.41. The molecule has 1 amide bonds. The number of aliphatic hydroxyl groups is 1. The van der Waals surface area contributed by atoms with Crippen molar-refractivity contribution in [2.75, 3.05) is 12.3 Å². The Balaban J connectivity index is 1.70. The number of anilines is 1. The number of hydrogen-bond acceptors (Lipinski definition) is 6. The Morgan fingerprint density at radius 1 is 1.26 bits per heavy atom. The molecule has 1 aliphatic rings. The van der Waals surface area contributed by atoms with Gasteiger partial charge in [0.05, 0.1) is 23.9 Å². The maximum Gasteiger partial charge on any atom is 0.254 e. The number of fused-ring (bicyclic) bond motifs is 1. The van der Waals surface area contributed by atoms with Gasteiger partial charge in [-0.15, -0.1) is 0 Å². The number of benzene rings is 2. The molecule has 2 heterocycles. The lowest BCUT2D eigenvalue weighted by atomic mass is 9.77. The van der Waals surface area contributed by atoms with Gasteiger partial charge in [-0.1, -0.05) is 30.3 Å². The normalized spacial score (nSPS) is 19.5. The summed E-state index contributed by atoms with van der Waals surface area (Å²) >= 11 is 0. The van der Waals surface area contributed by atoms with Crippen LogP contribution in [0.2, 0.25) is 0 Å². The third-order valence-corrected chi connectivity index (χ3v) is 6.40. The molecule has 4 aromatic rings. The van der Waals surface area contributed by atoms with Crippen LogP contribution in [0.15, 0.2) is 48.5 Å². The lowest BCUT2D eigenvalue weighted by Crippen LogP contribution is -2.42. The van der Waals surface area contributed by atoms with Gasteiger partial charge in [0, 0.05) is 22.6 Å². The molecule has 35 heavy (non-hydrogen) atoms. The van der Waals surface area contributed by atoms with Crippen LogP contribution in [0.25, 0.3) is 33.4 Å². The van der Waals surface area contributed by atoms with E-state index < -0.39 is 17.3 Å². The van der Waals surface area contributed by atoms with Crippen LogP contribution in [-0.2, 0) is 0 Å². The Bertz CT molecular complexity index is 1440. The Hall–Kier alpha value is -3.98. The number of halogens is 1. The van der Waals surface area contributed by atoms with E-state index in [-0.39, 0.29) is 34.2 Å². The molecule has 8 nitrogen and oxygen atoms in total. The Labute approximate surface area is 201 Å². The first-order valence-electron chi connectivity index (χ1n) is 11.4. The van der Waals surface area contributed by atoms with Gasteiger partial charge in [0.15, 0.2) is 5.82 Å². The first-order chi connectivity index (χ1) is 16.7. The van der Waals surface area contributed by atoms with Gasteiger partial charge in [-0.3, -0.25) is 4.79 Å². The molecule has 0 aliphatic heterocycles. The molecule has 0 unspecified atom stereocenters. The van der Waals surface area contributed by atoms with Gasteiger partial charge >= 0.3 is 0 Å². The summed E-state index contributed by atoms with van der Waals surface area (Å²) in [5.41, 5.74) is 12.5. The van der Waals surface area contributed by atoms with Gasteiger partial charge in [-0.2, -0.15) is 5.10 Å². The summed E-state index contributed by atoms with van der Waals surface area (Å²) in [5.74, 6) is -0.920. The van der Waals surface area contributed by atoms with Gasteiger partial charge in [0.2, 0.25) is 0 Å². The highest BCUT2D eigenvalue weighted by molar-refractivity contribution is 6.04. The number of pyridine rings is 1. The molecular formula is C26H26FN5O3. The number of rotatable bonds is 6. The van der Waals surface area contributed by atoms with Crippen LogP contribution in [0.5, 0.6) is 5.75 Å². The zero-order valence-corrected chi connectivity index (χ0v) is 19.5. The second kappa shape index (κ2) is 8.35. The van der Waals surface area contributed by atoms with Crippen molar-refractivity contribution in [3.63, 3.8) is 0 Å². The number of nitrogen functional groups attached to an aromatic ring is 1. The van der Waals surface area contributed by atoms with E-state index in [4.69, 9.17) is 16.2 Å². The molecule has 1 aliphatic carbocycles. The van der Waals surface area contributed by atoms with Crippen LogP contribution < -0.4 is 16.2 Å². The summed E-state index contributed by atoms with van der Waals surface area (Å²) in [6, 6.07) is 14.2. The minimum atomic E-state index is -0.836. The number of carbonyl (C=O) groups excluding carboxylic acids is 1. The average Bonchev–Trinajstić information content (AvgIpc) is 3.15. The SMILES string of the molecule is CCOc1cc(-c2ccccc2)nc2c(F)c(-c3nn([C@H]4C[C@@](C)(O)C4)c(N)c3C(N)=O)ccc12. The van der Waals surface area contributed by atoms with Crippen molar-refractivity contribution in [1.29, 1.82) is 0 Å². The van der Waals surface area contributed by atoms with E-state index in [1.54, 1.807) is 19.1 Å². The van der Waals surface area contributed by atoms with Gasteiger partial charge in [0.1, 0.15) is 28.3 Å². The molecule has 9 heteroatoms. The monoisotopic (exact) mass is 475 g/mol. The Morgan fingerprint density at radius 3 is 2.60 bits per heavy atom. The maximum atomic E-state index is 16.1. The van der Waals surface area contributed by atoms with Crippen molar-refractivity contribution >= 4 is 22.6 Å². The molecule has 1 fully saturated rings. The second-order valence-electron chi connectivity index (χ2n) is 9.10. The highest BCUT2D eigenvalue weighted by atomic mass is 19.1. The van der Waals surface area contributed by atoms with Crippen LogP contribution in [0.1, 0.15) is 43.1 Å². The first-order valence-corrected chi connectivity index (χ1v) is 11.4. The zero-order valence-electron chi connectivity index (χ0n) is 19.5. The summed E-state index contributed by atoms with van der Waals surface area (Å²) in [6.07, 6.45) is 0.826. The number of nitrogens with two attached hydrogens (primary N) is 2. The summed E-state index contributed by atoms with van der Waals surface area (Å²) in [7, 11) is 0. The smallest absolute Gasteiger partial charge is 0.254 e. The second-order valence-corrected chi connectivity index (χ2v) is 9.10. The molecule has 0 spiro atoms. The van der Waals surface area contributed by atoms with Crippen molar-refractivity contribution in [1.82, 2.24) is 14.8 Å². The van der Waals surface area contributed by atoms with Crippen LogP contribution in [0.3, 0.4) is 0 Å². The average molecular weight is 476 g/mol. The summed E-state index contributed by atoms with van der Waals surface area (Å²) < 4.78 is 23.3. The molecule has 180 valence electrons. The predicted molar refractivity (Wildman–Crippen MR) is 131 cm³/mol. The molecule has 5 N–H and O–H groups in total. The number of primary amides is 1. The highest BCUT2D eigenvalue weighted by Gasteiger charge is 2.42. The van der Waals surface area contributed by atoms with Crippen LogP contribution >= 0.6 is 0 Å². The van der Waals surface area contributed by atoms with Gasteiger partial charge < -0.3 is 21.3 Å². The van der Waals surface area contributed by atoms with Crippen molar-refractivity contribution in [3.05, 3.63) is 59.9 Å². The maximum absolute atomic E-state index is 16.1. The number of hydrogen-bond donors (Lipinski definition) is 3. The van der Waals surface area contributed by atoms with E-state index in [0.717, 1.165) is 5.56 Å². The van der Waals surface area contributed by atoms with Crippen LogP contribution in [-0.4, -0.2) is 38.0 Å². The summed E-state index contributed by atoms with van der Waals surface area (Å²) in [6.45, 7) is 3.97. The fraction of sp³-hybridized carbons (Fsp3) is 0.269. The van der Waals surface area contributed by atoms with Crippen molar-refractivity contribution < 1.29 is 19.0 Å². The molecule has 2 aromatic carbocycles. The summed E-state index contributed by atoms with van der Waals surface area (Å²) in [4.78, 5) is 16.9. The Kier molecular flexibility index (Phi) is 5.44. The van der Waals surface area contributed by atoms with E-state index >= 15 is 4.39 Å². The molecule has 0 bridgehead atoms. The third kappa shape index (κ3) is 3.87. The number of aromatic nitrogens is 3. The molecular weight excluding hydrogens is 449 g/mol. The number of carbonyl (C=O) groups is 1. The van der Waals surface area contributed by atoms with E-state index in [2.05, 4.69) is 10.1 Å². The molecule has 1 saturated carbocycles. The highest BCUT2D eigenvalue weighted by Crippen LogP contribution is 2.44. The standard InChI is InChI=1S/C26H26FN5O3/c1-3-35-19-11-18(14-7-5-4-6-8-14)30-23-16(19)9-10-17(21(23)27)22-20(25(29)33)24(28)32(31-22)15-12-26(2,34)13-15/h4-11,15,34H,3,12-13,28H2,1-2H3,(H2,29,33)/t15-,26+. The topological polar surface area (TPSA) is 129 Å². The minimum absolute atomic E-state index is 0.0471. The lowest BCUT2D eigenvalue weighted by molar-refractivity contribution is -0.0535. The largest absolute Gasteiger partial charge is 0.493 e. The van der Waals surface area contributed by atoms with Gasteiger partial charge in [-0.25, -0.2) is 14.1 Å². The predicted octanol–water partition coefficient (Wildman–Crippen LogP) is 4.07. The molecule has 0 radical (unpaired) electrons. The quantitative estimate of drug-likeness (QED) is 0.386. The number of amides is 1. The fourth-order valence-electron chi connectivity index (χ4n) is 4.73. The van der Waals surface area contributed by atoms with E-state index in [9.17, 15) is 9.90 Å². The number of nitrogens with zero attached hydrogens (tertiary/aromatic N) is 3. The van der Waals surface area contributed by atoms with E-state index in [0.29, 0.717) is 36.3 Å². The van der Waals surface area contributed by atoms with Crippen LogP contribution in [0, 0.1) is 5.82 Å². The van der Waals surface area contributed by atoms with E-state index in [1.165, 1.54) is 10.7 Å². The van der Waals surface area contributed by atoms with Gasteiger partial charge in [-0.05, 0) is 38.8 Å². The number of ether oxygens (including phenoxy) is 1. The fourth-order valence-corrected chi connectivity index (χ4v) is 4.73. The first kappa shape index (κ1) is 22.8. The van der Waals surface area contributed by atoms with Crippen molar-refractivity contribution in [3.8, 4) is 28.3 Å². The molecule has 2 aromatic heterocycles. The minimum Gasteiger partial charge on any atom is -0.493 e. The third-order valence-electron chi connectivity index (χ3n) is 6.40. The van der Waals surface area contributed by atoms with E-state index in [1.807, 2.05) is 37.3 Å². The van der Waals surface area contributed by atoms with Gasteiger partial charge in [0.25, 0.3) is 5.91 Å². The zero-order chi connectivity index (χ0) is 24.9. The van der Waals surface area contributed by atoms with Crippen molar-refractivity contribution in [2.24, 2.45) is 5.73 Å². The molecule has 0 saturated heterocycles. The van der Waals surface area contributed by atoms with Crippen molar-refractivity contribution in [2.45, 2.75) is 38.3 Å². The molecule has 5 rings (SSSR count). The summed E-state index contributed by atoms with van der Waals surface area (Å²) in [5, 5.41) is 15.1. The Morgan fingerprint density at radius 2 is 1.97 bits per heavy atom. The van der Waals surface area contributed by atoms with Crippen LogP contribution in [0.4, 0.5) is 10.2 Å².